The zero-order valence-corrected chi connectivity index (χ0v) is 7.19. The fourth-order valence-corrected chi connectivity index (χ4v) is 1.23. The van der Waals surface area contributed by atoms with Crippen molar-refractivity contribution in [2.75, 3.05) is 0 Å². The Morgan fingerprint density at radius 3 is 2.77 bits per heavy atom. The Bertz CT molecular complexity index is 420. The first kappa shape index (κ1) is 7.86. The van der Waals surface area contributed by atoms with E-state index in [2.05, 4.69) is 4.98 Å². The van der Waals surface area contributed by atoms with Gasteiger partial charge in [0.2, 0.25) is 0 Å². The van der Waals surface area contributed by atoms with E-state index in [0.717, 1.165) is 16.7 Å². The Balaban J connectivity index is 2.53. The number of furan rings is 1. The summed E-state index contributed by atoms with van der Waals surface area (Å²) < 4.78 is 5.03. The summed E-state index contributed by atoms with van der Waals surface area (Å²) in [5, 5.41) is 9.21. The second-order valence-electron chi connectivity index (χ2n) is 2.90. The summed E-state index contributed by atoms with van der Waals surface area (Å²) in [6.07, 6.45) is 6.40. The molecular weight excluding hydrogens is 166 g/mol. The van der Waals surface area contributed by atoms with Crippen molar-refractivity contribution in [1.82, 2.24) is 4.98 Å². The Hall–Kier alpha value is -1.77. The van der Waals surface area contributed by atoms with Crippen molar-refractivity contribution in [3.05, 3.63) is 36.5 Å². The van der Waals surface area contributed by atoms with Crippen LogP contribution in [0.1, 0.15) is 5.56 Å². The summed E-state index contributed by atoms with van der Waals surface area (Å²) in [6.45, 7) is 1.95. The minimum atomic E-state index is 0.165. The van der Waals surface area contributed by atoms with Crippen LogP contribution in [0.5, 0.6) is 5.75 Å². The number of aryl methyl sites for hydroxylation is 1. The fourth-order valence-electron chi connectivity index (χ4n) is 1.23. The Morgan fingerprint density at radius 1 is 1.31 bits per heavy atom. The minimum Gasteiger partial charge on any atom is -0.506 e. The van der Waals surface area contributed by atoms with Gasteiger partial charge in [-0.05, 0) is 18.6 Å². The van der Waals surface area contributed by atoms with E-state index in [0.29, 0.717) is 0 Å². The van der Waals surface area contributed by atoms with Gasteiger partial charge in [-0.1, -0.05) is 0 Å². The average Bonchev–Trinajstić information content (AvgIpc) is 2.51. The highest BCUT2D eigenvalue weighted by atomic mass is 16.3. The fraction of sp³-hybridized carbons (Fsp3) is 0.100. The van der Waals surface area contributed by atoms with E-state index in [1.54, 1.807) is 24.8 Å². The number of aromatic nitrogens is 1. The molecule has 2 aromatic heterocycles. The lowest BCUT2D eigenvalue weighted by atomic mass is 10.1. The number of nitrogens with zero attached hydrogens (tertiary/aromatic N) is 1. The maximum atomic E-state index is 9.21. The van der Waals surface area contributed by atoms with Crippen molar-refractivity contribution in [2.45, 2.75) is 6.92 Å². The van der Waals surface area contributed by atoms with Crippen molar-refractivity contribution in [2.24, 2.45) is 0 Å². The molecule has 0 spiro atoms. The summed E-state index contributed by atoms with van der Waals surface area (Å²) in [5.74, 6) is 0.165. The van der Waals surface area contributed by atoms with E-state index >= 15 is 0 Å². The molecule has 66 valence electrons. The second kappa shape index (κ2) is 2.94. The molecule has 1 N–H and O–H groups in total. The summed E-state index contributed by atoms with van der Waals surface area (Å²) in [4.78, 5) is 3.89. The Labute approximate surface area is 75.7 Å². The molecule has 3 heteroatoms. The van der Waals surface area contributed by atoms with Crippen LogP contribution in [0.25, 0.3) is 11.1 Å². The van der Waals surface area contributed by atoms with Gasteiger partial charge in [0, 0.05) is 17.3 Å². The SMILES string of the molecule is Cc1cocc1-c1cncc(O)c1. The maximum Gasteiger partial charge on any atom is 0.134 e. The maximum absolute atomic E-state index is 9.21. The van der Waals surface area contributed by atoms with Crippen LogP contribution in [0.2, 0.25) is 0 Å². The molecule has 0 aliphatic heterocycles. The van der Waals surface area contributed by atoms with E-state index in [1.165, 1.54) is 6.20 Å². The van der Waals surface area contributed by atoms with Gasteiger partial charge < -0.3 is 9.52 Å². The van der Waals surface area contributed by atoms with E-state index < -0.39 is 0 Å². The third kappa shape index (κ3) is 1.40. The van der Waals surface area contributed by atoms with Crippen molar-refractivity contribution >= 4 is 0 Å². The Morgan fingerprint density at radius 2 is 2.15 bits per heavy atom. The lowest BCUT2D eigenvalue weighted by molar-refractivity contribution is 0.473. The van der Waals surface area contributed by atoms with Crippen molar-refractivity contribution in [1.29, 1.82) is 0 Å². The first-order valence-corrected chi connectivity index (χ1v) is 3.94. The van der Waals surface area contributed by atoms with E-state index in [9.17, 15) is 5.11 Å². The van der Waals surface area contributed by atoms with Gasteiger partial charge in [-0.2, -0.15) is 0 Å². The molecule has 0 atom stereocenters. The van der Waals surface area contributed by atoms with Crippen LogP contribution in [0.4, 0.5) is 0 Å². The minimum absolute atomic E-state index is 0.165. The van der Waals surface area contributed by atoms with Crippen LogP contribution in [-0.2, 0) is 0 Å². The van der Waals surface area contributed by atoms with Gasteiger partial charge in [0.25, 0.3) is 0 Å². The summed E-state index contributed by atoms with van der Waals surface area (Å²) in [5.41, 5.74) is 2.86. The molecule has 2 rings (SSSR count). The summed E-state index contributed by atoms with van der Waals surface area (Å²) >= 11 is 0. The van der Waals surface area contributed by atoms with Crippen LogP contribution in [0.15, 0.2) is 35.4 Å². The molecule has 13 heavy (non-hydrogen) atoms. The largest absolute Gasteiger partial charge is 0.506 e. The molecular formula is C10H9NO2. The molecule has 3 nitrogen and oxygen atoms in total. The first-order chi connectivity index (χ1) is 6.27. The summed E-state index contributed by atoms with van der Waals surface area (Å²) in [6, 6.07) is 1.66. The van der Waals surface area contributed by atoms with E-state index in [1.807, 2.05) is 6.92 Å². The van der Waals surface area contributed by atoms with Crippen LogP contribution in [0, 0.1) is 6.92 Å². The Kier molecular flexibility index (Phi) is 1.77. The second-order valence-corrected chi connectivity index (χ2v) is 2.90. The normalized spacial score (nSPS) is 10.2. The third-order valence-electron chi connectivity index (χ3n) is 1.89. The van der Waals surface area contributed by atoms with Crippen LogP contribution >= 0.6 is 0 Å². The number of hydrogen-bond acceptors (Lipinski definition) is 3. The number of hydrogen-bond donors (Lipinski definition) is 1. The molecule has 0 aliphatic rings. The highest BCUT2D eigenvalue weighted by Crippen LogP contribution is 2.25. The standard InChI is InChI=1S/C10H9NO2/c1-7-5-13-6-10(7)8-2-9(12)4-11-3-8/h2-6,12H,1H3. The first-order valence-electron chi connectivity index (χ1n) is 3.94. The lowest BCUT2D eigenvalue weighted by Gasteiger charge is -1.98. The topological polar surface area (TPSA) is 46.3 Å². The van der Waals surface area contributed by atoms with Crippen LogP contribution in [0.3, 0.4) is 0 Å². The molecule has 0 saturated heterocycles. The highest BCUT2D eigenvalue weighted by molar-refractivity contribution is 5.65. The van der Waals surface area contributed by atoms with Crippen LogP contribution < -0.4 is 0 Å². The molecule has 0 amide bonds. The van der Waals surface area contributed by atoms with E-state index in [-0.39, 0.29) is 5.75 Å². The molecule has 0 aliphatic carbocycles. The van der Waals surface area contributed by atoms with E-state index in [4.69, 9.17) is 4.42 Å². The van der Waals surface area contributed by atoms with Crippen molar-refractivity contribution < 1.29 is 9.52 Å². The smallest absolute Gasteiger partial charge is 0.134 e. The van der Waals surface area contributed by atoms with Crippen LogP contribution in [-0.4, -0.2) is 10.1 Å². The van der Waals surface area contributed by atoms with Crippen molar-refractivity contribution in [3.8, 4) is 16.9 Å². The van der Waals surface area contributed by atoms with Gasteiger partial charge >= 0.3 is 0 Å². The predicted molar refractivity (Wildman–Crippen MR) is 48.3 cm³/mol. The monoisotopic (exact) mass is 175 g/mol. The van der Waals surface area contributed by atoms with Gasteiger partial charge in [0.1, 0.15) is 5.75 Å². The van der Waals surface area contributed by atoms with Gasteiger partial charge in [0.05, 0.1) is 18.7 Å². The lowest BCUT2D eigenvalue weighted by Crippen LogP contribution is -1.79. The molecule has 0 saturated carbocycles. The molecule has 0 aromatic carbocycles. The van der Waals surface area contributed by atoms with Gasteiger partial charge in [-0.15, -0.1) is 0 Å². The summed E-state index contributed by atoms with van der Waals surface area (Å²) in [7, 11) is 0. The molecule has 0 radical (unpaired) electrons. The number of rotatable bonds is 1. The quantitative estimate of drug-likeness (QED) is 0.723. The van der Waals surface area contributed by atoms with Gasteiger partial charge in [-0.3, -0.25) is 4.98 Å². The predicted octanol–water partition coefficient (Wildman–Crippen LogP) is 2.36. The number of pyridine rings is 1. The molecule has 0 bridgehead atoms. The molecule has 2 heterocycles. The third-order valence-corrected chi connectivity index (χ3v) is 1.89. The zero-order valence-electron chi connectivity index (χ0n) is 7.19. The van der Waals surface area contributed by atoms with Gasteiger partial charge in [-0.25, -0.2) is 0 Å². The molecule has 0 unspecified atom stereocenters. The highest BCUT2D eigenvalue weighted by Gasteiger charge is 2.04. The van der Waals surface area contributed by atoms with Crippen molar-refractivity contribution in [3.63, 3.8) is 0 Å². The average molecular weight is 175 g/mol. The molecule has 0 fully saturated rings. The molecule has 2 aromatic rings. The van der Waals surface area contributed by atoms with Gasteiger partial charge in [0.15, 0.2) is 0 Å². The number of aromatic hydroxyl groups is 1. The zero-order chi connectivity index (χ0) is 9.26.